The summed E-state index contributed by atoms with van der Waals surface area (Å²) in [5, 5.41) is 9.75. The van der Waals surface area contributed by atoms with Crippen molar-refractivity contribution in [3.8, 4) is 0 Å². The quantitative estimate of drug-likeness (QED) is 0.516. The Labute approximate surface area is 212 Å². The van der Waals surface area contributed by atoms with Crippen molar-refractivity contribution in [2.75, 3.05) is 5.32 Å². The molecule has 4 rings (SSSR count). The Bertz CT molecular complexity index is 1030. The number of hydrogen-bond donors (Lipinski definition) is 2. The maximum atomic E-state index is 14.0. The highest BCUT2D eigenvalue weighted by Crippen LogP contribution is 2.40. The van der Waals surface area contributed by atoms with Gasteiger partial charge in [-0.05, 0) is 50.7 Å². The first kappa shape index (κ1) is 26.0. The third-order valence-electron chi connectivity index (χ3n) is 7.73. The maximum Gasteiger partial charge on any atom is 0.246 e. The van der Waals surface area contributed by atoms with Crippen molar-refractivity contribution in [3.05, 3.63) is 36.0 Å². The van der Waals surface area contributed by atoms with E-state index in [1.807, 2.05) is 6.07 Å². The molecule has 2 aliphatic rings. The van der Waals surface area contributed by atoms with Crippen molar-refractivity contribution >= 4 is 23.5 Å². The minimum absolute atomic E-state index is 0.0133. The van der Waals surface area contributed by atoms with Crippen molar-refractivity contribution in [3.63, 3.8) is 0 Å². The van der Waals surface area contributed by atoms with Crippen LogP contribution in [0.2, 0.25) is 0 Å². The molecule has 2 fully saturated rings. The molecule has 2 aromatic rings. The second-order valence-electron chi connectivity index (χ2n) is 10.3. The van der Waals surface area contributed by atoms with E-state index in [0.29, 0.717) is 23.8 Å². The number of nitrogens with one attached hydrogen (secondary N) is 2. The van der Waals surface area contributed by atoms with Gasteiger partial charge in [-0.3, -0.25) is 14.4 Å². The highest BCUT2D eigenvalue weighted by Gasteiger charge is 2.51. The summed E-state index contributed by atoms with van der Waals surface area (Å²) < 4.78 is 10.6. The van der Waals surface area contributed by atoms with Crippen LogP contribution >= 0.6 is 0 Å². The molecule has 0 aliphatic heterocycles. The van der Waals surface area contributed by atoms with Crippen LogP contribution in [-0.4, -0.2) is 39.4 Å². The van der Waals surface area contributed by atoms with Gasteiger partial charge < -0.3 is 24.5 Å². The van der Waals surface area contributed by atoms with Gasteiger partial charge in [-0.2, -0.15) is 0 Å². The van der Waals surface area contributed by atoms with Crippen LogP contribution in [0.3, 0.4) is 0 Å². The Morgan fingerprint density at radius 1 is 1.11 bits per heavy atom. The number of hydrogen-bond acceptors (Lipinski definition) is 6. The third kappa shape index (κ3) is 5.99. The lowest BCUT2D eigenvalue weighted by atomic mass is 9.71. The largest absolute Gasteiger partial charge is 0.467 e. The molecule has 0 aromatic carbocycles. The molecule has 36 heavy (non-hydrogen) atoms. The first-order valence-corrected chi connectivity index (χ1v) is 13.3. The fourth-order valence-electron chi connectivity index (χ4n) is 5.74. The molecule has 2 aliphatic carbocycles. The van der Waals surface area contributed by atoms with Crippen molar-refractivity contribution in [1.29, 1.82) is 0 Å². The van der Waals surface area contributed by atoms with Crippen LogP contribution in [0.4, 0.5) is 5.82 Å². The van der Waals surface area contributed by atoms with Gasteiger partial charge in [0.2, 0.25) is 17.7 Å². The van der Waals surface area contributed by atoms with Crippen molar-refractivity contribution < 1.29 is 23.3 Å². The van der Waals surface area contributed by atoms with E-state index in [2.05, 4.69) is 22.7 Å². The molecule has 0 spiro atoms. The van der Waals surface area contributed by atoms with E-state index in [0.717, 1.165) is 44.9 Å². The number of aromatic nitrogens is 1. The zero-order valence-corrected chi connectivity index (χ0v) is 21.4. The molecule has 9 nitrogen and oxygen atoms in total. The molecule has 9 heteroatoms. The third-order valence-corrected chi connectivity index (χ3v) is 7.73. The molecule has 0 bridgehead atoms. The monoisotopic (exact) mass is 498 g/mol. The zero-order valence-electron chi connectivity index (χ0n) is 21.4. The average molecular weight is 499 g/mol. The second-order valence-corrected chi connectivity index (χ2v) is 10.3. The van der Waals surface area contributed by atoms with Crippen LogP contribution < -0.4 is 10.6 Å². The highest BCUT2D eigenvalue weighted by atomic mass is 16.5. The molecule has 196 valence electrons. The van der Waals surface area contributed by atoms with Gasteiger partial charge in [0.05, 0.1) is 12.8 Å². The number of furan rings is 1. The van der Waals surface area contributed by atoms with Crippen molar-refractivity contribution in [2.45, 2.75) is 103 Å². The van der Waals surface area contributed by atoms with Gasteiger partial charge in [0, 0.05) is 24.9 Å². The Morgan fingerprint density at radius 2 is 1.89 bits per heavy atom. The predicted octanol–water partition coefficient (Wildman–Crippen LogP) is 4.72. The van der Waals surface area contributed by atoms with E-state index in [1.165, 1.54) is 6.42 Å². The summed E-state index contributed by atoms with van der Waals surface area (Å²) in [7, 11) is 0. The number of nitrogens with zero attached hydrogens (tertiary/aromatic N) is 2. The summed E-state index contributed by atoms with van der Waals surface area (Å²) in [6.45, 7) is 4.00. The summed E-state index contributed by atoms with van der Waals surface area (Å²) in [6, 6.07) is 5.37. The van der Waals surface area contributed by atoms with Crippen LogP contribution in [0.15, 0.2) is 33.4 Å². The first-order chi connectivity index (χ1) is 17.4. The van der Waals surface area contributed by atoms with E-state index >= 15 is 0 Å². The minimum atomic E-state index is -0.973. The van der Waals surface area contributed by atoms with Gasteiger partial charge >= 0.3 is 0 Å². The number of carbonyl (C=O) groups is 3. The summed E-state index contributed by atoms with van der Waals surface area (Å²) in [4.78, 5) is 42.0. The predicted molar refractivity (Wildman–Crippen MR) is 134 cm³/mol. The maximum absolute atomic E-state index is 14.0. The van der Waals surface area contributed by atoms with E-state index in [1.54, 1.807) is 30.2 Å². The van der Waals surface area contributed by atoms with Crippen LogP contribution in [0.25, 0.3) is 0 Å². The summed E-state index contributed by atoms with van der Waals surface area (Å²) in [5.74, 6) is 0.889. The molecule has 2 N–H and O–H groups in total. The van der Waals surface area contributed by atoms with Crippen LogP contribution in [-0.2, 0) is 20.9 Å². The molecule has 2 saturated carbocycles. The molecule has 2 aromatic heterocycles. The van der Waals surface area contributed by atoms with Gasteiger partial charge in [-0.1, -0.05) is 44.2 Å². The second kappa shape index (κ2) is 11.8. The summed E-state index contributed by atoms with van der Waals surface area (Å²) in [6.07, 6.45) is 10.3. The lowest BCUT2D eigenvalue weighted by Gasteiger charge is -2.49. The number of rotatable bonds is 9. The molecule has 0 saturated heterocycles. The van der Waals surface area contributed by atoms with Gasteiger partial charge in [0.1, 0.15) is 17.1 Å². The van der Waals surface area contributed by atoms with E-state index in [-0.39, 0.29) is 49.1 Å². The fourth-order valence-corrected chi connectivity index (χ4v) is 5.74. The van der Waals surface area contributed by atoms with E-state index < -0.39 is 5.54 Å². The number of amides is 3. The normalized spacial score (nSPS) is 22.7. The standard InChI is InChI=1S/C27H38N4O5/c1-19-9-6-7-15-27(19,26(34)28-21-10-4-3-5-11-21)31(18-22-12-8-16-35-22)25(33)14-13-24(32)29-23-17-20(2)36-30-23/h8,12,16-17,19,21H,3-7,9-11,13-15,18H2,1-2H3,(H,28,34)(H,29,30,32)/t19-,27+/m1/s1. The number of aryl methyl sites for hydroxylation is 1. The average Bonchev–Trinajstić information content (AvgIpc) is 3.54. The Kier molecular flexibility index (Phi) is 8.48. The van der Waals surface area contributed by atoms with Crippen LogP contribution in [0, 0.1) is 12.8 Å². The topological polar surface area (TPSA) is 118 Å². The summed E-state index contributed by atoms with van der Waals surface area (Å²) in [5.41, 5.74) is -0.973. The summed E-state index contributed by atoms with van der Waals surface area (Å²) >= 11 is 0. The lowest BCUT2D eigenvalue weighted by molar-refractivity contribution is -0.156. The van der Waals surface area contributed by atoms with Gasteiger partial charge in [0.15, 0.2) is 5.82 Å². The molecule has 0 radical (unpaired) electrons. The van der Waals surface area contributed by atoms with Gasteiger partial charge in [-0.25, -0.2) is 0 Å². The molecule has 2 heterocycles. The minimum Gasteiger partial charge on any atom is -0.467 e. The number of carbonyl (C=O) groups excluding carboxylic acids is 3. The zero-order chi connectivity index (χ0) is 25.5. The van der Waals surface area contributed by atoms with E-state index in [4.69, 9.17) is 8.94 Å². The molecule has 0 unspecified atom stereocenters. The van der Waals surface area contributed by atoms with Crippen molar-refractivity contribution in [1.82, 2.24) is 15.4 Å². The fraction of sp³-hybridized carbons (Fsp3) is 0.630. The first-order valence-electron chi connectivity index (χ1n) is 13.3. The van der Waals surface area contributed by atoms with Crippen LogP contribution in [0.5, 0.6) is 0 Å². The van der Waals surface area contributed by atoms with E-state index in [9.17, 15) is 14.4 Å². The lowest BCUT2D eigenvalue weighted by Crippen LogP contribution is -2.65. The Hall–Kier alpha value is -3.10. The Morgan fingerprint density at radius 3 is 2.56 bits per heavy atom. The van der Waals surface area contributed by atoms with Gasteiger partial charge in [0.25, 0.3) is 0 Å². The van der Waals surface area contributed by atoms with Crippen molar-refractivity contribution in [2.24, 2.45) is 5.92 Å². The molecular formula is C27H38N4O5. The Balaban J connectivity index is 1.54. The molecule has 2 atom stereocenters. The van der Waals surface area contributed by atoms with Crippen LogP contribution in [0.1, 0.15) is 89.1 Å². The molecule has 3 amide bonds. The SMILES string of the molecule is Cc1cc(NC(=O)CCC(=O)N(Cc2ccco2)[C@@]2(C(=O)NC3CCCCC3)CCCC[C@H]2C)no1. The van der Waals surface area contributed by atoms with Gasteiger partial charge in [-0.15, -0.1) is 0 Å². The number of anilines is 1. The molecular weight excluding hydrogens is 460 g/mol. The smallest absolute Gasteiger partial charge is 0.246 e. The highest BCUT2D eigenvalue weighted by molar-refractivity contribution is 5.95.